The third kappa shape index (κ3) is 4.66. The summed E-state index contributed by atoms with van der Waals surface area (Å²) in [6.45, 7) is 2.11. The van der Waals surface area contributed by atoms with Gasteiger partial charge in [-0.2, -0.15) is 0 Å². The van der Waals surface area contributed by atoms with Gasteiger partial charge in [0.2, 0.25) is 0 Å². The standard InChI is InChI=1S/C31H36ClNO4/c32-24-10-12-26-21(15-24)7-4-14-31(26)18-33(27-16-22(30(35)36)9-13-28(27)37-19-31)17-23-8-11-25(23)29(34)20-5-2-1-3-6-20/h2,5,9-10,12-13,15-16,20,23,25,29,34H,1,3-4,6-8,11,14,17-19H2,(H,35,36)/t20-,23-,25+,29?,31?/m0/s1. The number of halogens is 1. The van der Waals surface area contributed by atoms with Crippen LogP contribution < -0.4 is 9.64 Å². The van der Waals surface area contributed by atoms with Crippen LogP contribution in [-0.4, -0.2) is 42.0 Å². The number of carboxylic acid groups (broad SMARTS) is 1. The molecule has 2 unspecified atom stereocenters. The molecule has 1 fully saturated rings. The highest BCUT2D eigenvalue weighted by Gasteiger charge is 2.45. The van der Waals surface area contributed by atoms with Gasteiger partial charge in [-0.05, 0) is 105 Å². The van der Waals surface area contributed by atoms with Crippen LogP contribution in [0.25, 0.3) is 0 Å². The highest BCUT2D eigenvalue weighted by molar-refractivity contribution is 6.30. The van der Waals surface area contributed by atoms with Crippen molar-refractivity contribution >= 4 is 23.3 Å². The normalized spacial score (nSPS) is 29.5. The summed E-state index contributed by atoms with van der Waals surface area (Å²) < 4.78 is 6.47. The Labute approximate surface area is 224 Å². The van der Waals surface area contributed by atoms with Gasteiger partial charge in [0.05, 0.1) is 24.0 Å². The van der Waals surface area contributed by atoms with Gasteiger partial charge in [0.1, 0.15) is 5.75 Å². The first-order chi connectivity index (χ1) is 17.9. The molecule has 0 aromatic heterocycles. The largest absolute Gasteiger partial charge is 0.490 e. The van der Waals surface area contributed by atoms with Crippen molar-refractivity contribution in [1.29, 1.82) is 0 Å². The number of allylic oxidation sites excluding steroid dienone is 1. The number of carboxylic acids is 1. The van der Waals surface area contributed by atoms with Crippen molar-refractivity contribution in [2.75, 3.05) is 24.6 Å². The van der Waals surface area contributed by atoms with Crippen LogP contribution in [0.5, 0.6) is 5.75 Å². The molecule has 0 radical (unpaired) electrons. The molecule has 2 aromatic rings. The summed E-state index contributed by atoms with van der Waals surface area (Å²) in [5.74, 6) is 0.711. The van der Waals surface area contributed by atoms with Crippen LogP contribution in [0.3, 0.4) is 0 Å². The van der Waals surface area contributed by atoms with Crippen LogP contribution in [-0.2, 0) is 11.8 Å². The van der Waals surface area contributed by atoms with Gasteiger partial charge in [0.25, 0.3) is 0 Å². The van der Waals surface area contributed by atoms with Gasteiger partial charge in [-0.3, -0.25) is 0 Å². The van der Waals surface area contributed by atoms with Crippen molar-refractivity contribution in [2.24, 2.45) is 17.8 Å². The molecule has 2 aromatic carbocycles. The van der Waals surface area contributed by atoms with Crippen molar-refractivity contribution in [3.8, 4) is 5.75 Å². The number of nitrogens with zero attached hydrogens (tertiary/aromatic N) is 1. The lowest BCUT2D eigenvalue weighted by Crippen LogP contribution is -2.50. The maximum Gasteiger partial charge on any atom is 0.335 e. The Morgan fingerprint density at radius 3 is 2.81 bits per heavy atom. The number of benzene rings is 2. The summed E-state index contributed by atoms with van der Waals surface area (Å²) >= 11 is 6.36. The van der Waals surface area contributed by atoms with Gasteiger partial charge < -0.3 is 19.8 Å². The second-order valence-electron chi connectivity index (χ2n) is 11.6. The van der Waals surface area contributed by atoms with E-state index >= 15 is 0 Å². The summed E-state index contributed by atoms with van der Waals surface area (Å²) in [5, 5.41) is 21.8. The van der Waals surface area contributed by atoms with Gasteiger partial charge in [-0.25, -0.2) is 4.79 Å². The van der Waals surface area contributed by atoms with Crippen LogP contribution in [0.1, 0.15) is 66.4 Å². The molecule has 196 valence electrons. The first kappa shape index (κ1) is 24.8. The van der Waals surface area contributed by atoms with E-state index < -0.39 is 5.97 Å². The number of rotatable bonds is 5. The Balaban J connectivity index is 1.34. The van der Waals surface area contributed by atoms with Crippen LogP contribution in [0, 0.1) is 17.8 Å². The predicted octanol–water partition coefficient (Wildman–Crippen LogP) is 6.25. The number of aromatic carboxylic acids is 1. The summed E-state index contributed by atoms with van der Waals surface area (Å²) in [6, 6.07) is 11.5. The Morgan fingerprint density at radius 2 is 2.05 bits per heavy atom. The average Bonchev–Trinajstić information content (AvgIpc) is 3.04. The number of ether oxygens (including phenoxy) is 1. The van der Waals surface area contributed by atoms with Gasteiger partial charge in [-0.15, -0.1) is 0 Å². The zero-order valence-electron chi connectivity index (χ0n) is 21.2. The minimum absolute atomic E-state index is 0.190. The number of fused-ring (bicyclic) bond motifs is 3. The smallest absolute Gasteiger partial charge is 0.335 e. The van der Waals surface area contributed by atoms with Crippen LogP contribution in [0.15, 0.2) is 48.6 Å². The van der Waals surface area contributed by atoms with E-state index in [2.05, 4.69) is 29.2 Å². The zero-order chi connectivity index (χ0) is 25.6. The molecule has 0 saturated heterocycles. The van der Waals surface area contributed by atoms with Crippen molar-refractivity contribution in [1.82, 2.24) is 0 Å². The van der Waals surface area contributed by atoms with E-state index in [1.807, 2.05) is 12.1 Å². The zero-order valence-corrected chi connectivity index (χ0v) is 22.0. The van der Waals surface area contributed by atoms with Crippen molar-refractivity contribution in [3.05, 3.63) is 70.3 Å². The lowest BCUT2D eigenvalue weighted by molar-refractivity contribution is -0.0131. The fourth-order valence-corrected chi connectivity index (χ4v) is 7.44. The molecule has 3 aliphatic carbocycles. The number of carbonyl (C=O) groups is 1. The third-order valence-corrected chi connectivity index (χ3v) is 9.62. The van der Waals surface area contributed by atoms with E-state index in [0.717, 1.165) is 80.9 Å². The molecular formula is C31H36ClNO4. The molecule has 1 saturated carbocycles. The number of aliphatic hydroxyl groups excluding tert-OH is 1. The summed E-state index contributed by atoms with van der Waals surface area (Å²) in [5.41, 5.74) is 3.54. The van der Waals surface area contributed by atoms with E-state index in [1.54, 1.807) is 12.1 Å². The van der Waals surface area contributed by atoms with Gasteiger partial charge >= 0.3 is 5.97 Å². The maximum absolute atomic E-state index is 11.9. The first-order valence-corrected chi connectivity index (χ1v) is 14.2. The molecule has 1 heterocycles. The Hall–Kier alpha value is -2.50. The molecule has 4 aliphatic rings. The third-order valence-electron chi connectivity index (χ3n) is 9.38. The van der Waals surface area contributed by atoms with Crippen molar-refractivity contribution in [3.63, 3.8) is 0 Å². The minimum atomic E-state index is -0.930. The molecule has 1 spiro atoms. The number of hydrogen-bond acceptors (Lipinski definition) is 4. The predicted molar refractivity (Wildman–Crippen MR) is 146 cm³/mol. The molecule has 0 bridgehead atoms. The van der Waals surface area contributed by atoms with Crippen LogP contribution in [0.4, 0.5) is 5.69 Å². The Morgan fingerprint density at radius 1 is 1.16 bits per heavy atom. The summed E-state index contributed by atoms with van der Waals surface area (Å²) in [7, 11) is 0. The molecule has 2 N–H and O–H groups in total. The second kappa shape index (κ2) is 9.99. The molecular weight excluding hydrogens is 486 g/mol. The summed E-state index contributed by atoms with van der Waals surface area (Å²) in [4.78, 5) is 14.2. The molecule has 5 nitrogen and oxygen atoms in total. The van der Waals surface area contributed by atoms with E-state index in [-0.39, 0.29) is 28.9 Å². The second-order valence-corrected chi connectivity index (χ2v) is 12.0. The fourth-order valence-electron chi connectivity index (χ4n) is 7.24. The first-order valence-electron chi connectivity index (χ1n) is 13.8. The Kier molecular flexibility index (Phi) is 6.70. The van der Waals surface area contributed by atoms with E-state index in [1.165, 1.54) is 11.1 Å². The number of aryl methyl sites for hydroxylation is 1. The molecule has 6 heteroatoms. The highest BCUT2D eigenvalue weighted by atomic mass is 35.5. The number of aliphatic hydroxyl groups is 1. The average molecular weight is 522 g/mol. The van der Waals surface area contributed by atoms with E-state index in [0.29, 0.717) is 12.5 Å². The van der Waals surface area contributed by atoms with Gasteiger partial charge in [0, 0.05) is 29.4 Å². The lowest BCUT2D eigenvalue weighted by atomic mass is 9.66. The molecule has 37 heavy (non-hydrogen) atoms. The van der Waals surface area contributed by atoms with Crippen molar-refractivity contribution in [2.45, 2.75) is 62.9 Å². The molecule has 5 atom stereocenters. The monoisotopic (exact) mass is 521 g/mol. The number of hydrogen-bond donors (Lipinski definition) is 2. The quantitative estimate of drug-likeness (QED) is 0.455. The lowest BCUT2D eigenvalue weighted by Gasteiger charge is -2.46. The molecule has 6 rings (SSSR count). The van der Waals surface area contributed by atoms with Crippen LogP contribution >= 0.6 is 11.6 Å². The highest BCUT2D eigenvalue weighted by Crippen LogP contribution is 2.47. The topological polar surface area (TPSA) is 70.0 Å². The number of anilines is 1. The Bertz CT molecular complexity index is 1210. The van der Waals surface area contributed by atoms with Crippen molar-refractivity contribution < 1.29 is 19.7 Å². The molecule has 1 aliphatic heterocycles. The van der Waals surface area contributed by atoms with Crippen LogP contribution in [0.2, 0.25) is 5.02 Å². The fraction of sp³-hybridized carbons (Fsp3) is 0.516. The van der Waals surface area contributed by atoms with Gasteiger partial charge in [0.15, 0.2) is 0 Å². The molecule has 0 amide bonds. The minimum Gasteiger partial charge on any atom is -0.490 e. The van der Waals surface area contributed by atoms with E-state index in [9.17, 15) is 15.0 Å². The SMILES string of the molecule is O=C(O)c1ccc2c(c1)N(C[C@@H]1CC[C@H]1C(O)[C@H]1C=CCCC1)CC1(CCCc3cc(Cl)ccc31)CO2. The van der Waals surface area contributed by atoms with E-state index in [4.69, 9.17) is 16.3 Å². The summed E-state index contributed by atoms with van der Waals surface area (Å²) in [6.07, 6.45) is 12.7. The maximum atomic E-state index is 11.9. The van der Waals surface area contributed by atoms with Gasteiger partial charge in [-0.1, -0.05) is 29.8 Å².